The van der Waals surface area contributed by atoms with Crippen LogP contribution in [0.25, 0.3) is 0 Å². The number of aryl methyl sites for hydroxylation is 2. The van der Waals surface area contributed by atoms with Crippen molar-refractivity contribution >= 4 is 17.4 Å². The van der Waals surface area contributed by atoms with E-state index in [2.05, 4.69) is 0 Å². The molecule has 0 fully saturated rings. The zero-order valence-electron chi connectivity index (χ0n) is 14.3. The molecule has 130 valence electrons. The summed E-state index contributed by atoms with van der Waals surface area (Å²) in [6, 6.07) is 11.2. The molecule has 2 aromatic rings. The van der Waals surface area contributed by atoms with E-state index in [4.69, 9.17) is 4.74 Å². The molecule has 0 saturated heterocycles. The van der Waals surface area contributed by atoms with Crippen molar-refractivity contribution in [2.45, 2.75) is 33.3 Å². The zero-order valence-corrected chi connectivity index (χ0v) is 14.3. The third kappa shape index (κ3) is 4.29. The molecule has 6 nitrogen and oxygen atoms in total. The predicted molar refractivity (Wildman–Crippen MR) is 92.9 cm³/mol. The van der Waals surface area contributed by atoms with E-state index in [1.807, 2.05) is 19.1 Å². The lowest BCUT2D eigenvalue weighted by Gasteiger charge is -2.13. The maximum Gasteiger partial charge on any atom is 0.339 e. The van der Waals surface area contributed by atoms with E-state index in [0.29, 0.717) is 11.1 Å². The Kier molecular flexibility index (Phi) is 5.64. The molecule has 2 aromatic carbocycles. The van der Waals surface area contributed by atoms with Gasteiger partial charge in [0.05, 0.1) is 10.5 Å². The second-order valence-electron chi connectivity index (χ2n) is 5.72. The van der Waals surface area contributed by atoms with Gasteiger partial charge in [-0.15, -0.1) is 0 Å². The fourth-order valence-corrected chi connectivity index (χ4v) is 2.35. The molecular formula is C19H19NO5. The summed E-state index contributed by atoms with van der Waals surface area (Å²) in [4.78, 5) is 34.9. The lowest BCUT2D eigenvalue weighted by molar-refractivity contribution is -0.385. The number of nitro groups is 1. The van der Waals surface area contributed by atoms with Gasteiger partial charge in [0, 0.05) is 17.2 Å². The number of esters is 1. The molecule has 0 heterocycles. The van der Waals surface area contributed by atoms with Crippen LogP contribution in [0.1, 0.15) is 45.7 Å². The van der Waals surface area contributed by atoms with Crippen LogP contribution in [0.2, 0.25) is 0 Å². The number of Topliss-reactive ketones (excluding diaryl/α,β-unsaturated/α-hetero) is 1. The Morgan fingerprint density at radius 2 is 1.72 bits per heavy atom. The lowest BCUT2D eigenvalue weighted by atomic mass is 10.0. The second kappa shape index (κ2) is 7.70. The van der Waals surface area contributed by atoms with Crippen molar-refractivity contribution in [1.29, 1.82) is 0 Å². The summed E-state index contributed by atoms with van der Waals surface area (Å²) in [7, 11) is 0. The maximum absolute atomic E-state index is 12.4. The first-order valence-corrected chi connectivity index (χ1v) is 7.92. The van der Waals surface area contributed by atoms with E-state index in [-0.39, 0.29) is 17.0 Å². The van der Waals surface area contributed by atoms with E-state index in [0.717, 1.165) is 18.1 Å². The Hall–Kier alpha value is -3.02. The summed E-state index contributed by atoms with van der Waals surface area (Å²) in [6.45, 7) is 5.08. The molecule has 0 aliphatic heterocycles. The molecule has 0 spiro atoms. The van der Waals surface area contributed by atoms with Crippen LogP contribution in [-0.4, -0.2) is 22.8 Å². The summed E-state index contributed by atoms with van der Waals surface area (Å²) >= 11 is 0. The Balaban J connectivity index is 2.12. The zero-order chi connectivity index (χ0) is 18.6. The van der Waals surface area contributed by atoms with Gasteiger partial charge in [0.2, 0.25) is 5.78 Å². The predicted octanol–water partition coefficient (Wildman–Crippen LogP) is 3.89. The highest BCUT2D eigenvalue weighted by Crippen LogP contribution is 2.20. The molecule has 25 heavy (non-hydrogen) atoms. The first kappa shape index (κ1) is 18.3. The number of benzene rings is 2. The minimum Gasteiger partial charge on any atom is -0.451 e. The normalized spacial score (nSPS) is 11.6. The van der Waals surface area contributed by atoms with Gasteiger partial charge in [0.15, 0.2) is 6.10 Å². The van der Waals surface area contributed by atoms with Crippen LogP contribution >= 0.6 is 0 Å². The largest absolute Gasteiger partial charge is 0.451 e. The molecule has 0 radical (unpaired) electrons. The van der Waals surface area contributed by atoms with Gasteiger partial charge in [-0.25, -0.2) is 4.79 Å². The average molecular weight is 341 g/mol. The molecule has 2 rings (SSSR count). The fourth-order valence-electron chi connectivity index (χ4n) is 2.35. The number of carbonyl (C=O) groups is 2. The number of ether oxygens (including phenoxy) is 1. The highest BCUT2D eigenvalue weighted by Gasteiger charge is 2.22. The van der Waals surface area contributed by atoms with Crippen molar-refractivity contribution in [2.24, 2.45) is 0 Å². The molecule has 6 heteroatoms. The average Bonchev–Trinajstić information content (AvgIpc) is 2.61. The number of hydrogen-bond acceptors (Lipinski definition) is 5. The Morgan fingerprint density at radius 3 is 2.28 bits per heavy atom. The van der Waals surface area contributed by atoms with Crippen molar-refractivity contribution < 1.29 is 19.2 Å². The number of nitrogens with zero attached hydrogens (tertiary/aromatic N) is 1. The molecule has 0 saturated carbocycles. The van der Waals surface area contributed by atoms with Crippen LogP contribution in [0.3, 0.4) is 0 Å². The van der Waals surface area contributed by atoms with Crippen LogP contribution in [0.4, 0.5) is 5.69 Å². The van der Waals surface area contributed by atoms with Gasteiger partial charge >= 0.3 is 5.97 Å². The molecule has 0 aliphatic rings. The topological polar surface area (TPSA) is 86.5 Å². The van der Waals surface area contributed by atoms with Crippen LogP contribution in [-0.2, 0) is 11.2 Å². The van der Waals surface area contributed by atoms with Crippen molar-refractivity contribution in [2.75, 3.05) is 0 Å². The number of nitro benzene ring substituents is 1. The Morgan fingerprint density at radius 1 is 1.12 bits per heavy atom. The number of carbonyl (C=O) groups excluding carboxylic acids is 2. The summed E-state index contributed by atoms with van der Waals surface area (Å²) in [6.07, 6.45) is -0.120. The lowest BCUT2D eigenvalue weighted by Crippen LogP contribution is -2.24. The molecular weight excluding hydrogens is 322 g/mol. The van der Waals surface area contributed by atoms with Gasteiger partial charge in [-0.2, -0.15) is 0 Å². The van der Waals surface area contributed by atoms with E-state index < -0.39 is 17.0 Å². The molecule has 0 aliphatic carbocycles. The van der Waals surface area contributed by atoms with Gasteiger partial charge in [0.1, 0.15) is 0 Å². The smallest absolute Gasteiger partial charge is 0.339 e. The van der Waals surface area contributed by atoms with E-state index >= 15 is 0 Å². The Bertz CT molecular complexity index is 811. The SMILES string of the molecule is CCc1ccc(C(=O)[C@@H](C)OC(=O)c2ccc(C)c([N+](=O)[O-])c2)cc1. The highest BCUT2D eigenvalue weighted by molar-refractivity contribution is 6.01. The second-order valence-corrected chi connectivity index (χ2v) is 5.72. The number of ketones is 1. The molecule has 0 N–H and O–H groups in total. The van der Waals surface area contributed by atoms with Crippen molar-refractivity contribution in [3.05, 3.63) is 74.8 Å². The van der Waals surface area contributed by atoms with Gasteiger partial charge in [-0.1, -0.05) is 37.3 Å². The van der Waals surface area contributed by atoms with E-state index in [1.54, 1.807) is 19.1 Å². The first-order chi connectivity index (χ1) is 11.8. The van der Waals surface area contributed by atoms with E-state index in [1.165, 1.54) is 19.1 Å². The molecule has 0 unspecified atom stereocenters. The van der Waals surface area contributed by atoms with Crippen molar-refractivity contribution in [3.8, 4) is 0 Å². The minimum atomic E-state index is -0.986. The number of hydrogen-bond donors (Lipinski definition) is 0. The van der Waals surface area contributed by atoms with Crippen LogP contribution in [0.15, 0.2) is 42.5 Å². The van der Waals surface area contributed by atoms with Crippen LogP contribution < -0.4 is 0 Å². The molecule has 0 bridgehead atoms. The van der Waals surface area contributed by atoms with Gasteiger partial charge in [-0.05, 0) is 31.9 Å². The van der Waals surface area contributed by atoms with Gasteiger partial charge in [-0.3, -0.25) is 14.9 Å². The molecule has 0 amide bonds. The summed E-state index contributed by atoms with van der Waals surface area (Å²) in [5.74, 6) is -1.09. The van der Waals surface area contributed by atoms with Gasteiger partial charge < -0.3 is 4.74 Å². The quantitative estimate of drug-likeness (QED) is 0.344. The third-order valence-corrected chi connectivity index (χ3v) is 3.94. The number of rotatable bonds is 6. The summed E-state index contributed by atoms with van der Waals surface area (Å²) in [5, 5.41) is 11.0. The monoisotopic (exact) mass is 341 g/mol. The minimum absolute atomic E-state index is 0.0401. The standard InChI is InChI=1S/C19H19NO5/c1-4-14-6-9-15(10-7-14)18(21)13(3)25-19(22)16-8-5-12(2)17(11-16)20(23)24/h5-11,13H,4H2,1-3H3/t13-/m1/s1. The first-order valence-electron chi connectivity index (χ1n) is 7.92. The van der Waals surface area contributed by atoms with Gasteiger partial charge in [0.25, 0.3) is 5.69 Å². The third-order valence-electron chi connectivity index (χ3n) is 3.94. The molecule has 1 atom stereocenters. The summed E-state index contributed by atoms with van der Waals surface area (Å²) < 4.78 is 5.17. The van der Waals surface area contributed by atoms with Crippen molar-refractivity contribution in [1.82, 2.24) is 0 Å². The highest BCUT2D eigenvalue weighted by atomic mass is 16.6. The Labute approximate surface area is 145 Å². The summed E-state index contributed by atoms with van der Waals surface area (Å²) in [5.41, 5.74) is 1.88. The van der Waals surface area contributed by atoms with Crippen molar-refractivity contribution in [3.63, 3.8) is 0 Å². The van der Waals surface area contributed by atoms with E-state index in [9.17, 15) is 19.7 Å². The fraction of sp³-hybridized carbons (Fsp3) is 0.263. The van der Waals surface area contributed by atoms with Crippen LogP contribution in [0, 0.1) is 17.0 Å². The molecule has 0 aromatic heterocycles. The maximum atomic E-state index is 12.4. The van der Waals surface area contributed by atoms with Crippen LogP contribution in [0.5, 0.6) is 0 Å².